The molecule has 0 aliphatic rings. The van der Waals surface area contributed by atoms with E-state index in [-0.39, 0.29) is 5.02 Å². The van der Waals surface area contributed by atoms with Gasteiger partial charge in [0.2, 0.25) is 0 Å². The first-order chi connectivity index (χ1) is 9.60. The van der Waals surface area contributed by atoms with E-state index in [0.29, 0.717) is 15.8 Å². The Morgan fingerprint density at radius 2 is 1.95 bits per heavy atom. The van der Waals surface area contributed by atoms with E-state index in [1.165, 1.54) is 12.1 Å². The molecule has 0 radical (unpaired) electrons. The summed E-state index contributed by atoms with van der Waals surface area (Å²) in [6, 6.07) is 10.3. The molecule has 0 aliphatic carbocycles. The quantitative estimate of drug-likeness (QED) is 0.707. The SMILES string of the molecule is COc1ccc(-n2c(=S)[nH]c3cc(Cl)c(F)cc32)cc1. The number of hydrogen-bond acceptors (Lipinski definition) is 2. The zero-order valence-electron chi connectivity index (χ0n) is 10.5. The predicted octanol–water partition coefficient (Wildman–Crippen LogP) is 4.49. The number of methoxy groups -OCH3 is 1. The van der Waals surface area contributed by atoms with Crippen molar-refractivity contribution in [2.75, 3.05) is 7.11 Å². The molecule has 3 aromatic rings. The second-order valence-corrected chi connectivity index (χ2v) is 5.04. The Kier molecular flexibility index (Phi) is 3.23. The van der Waals surface area contributed by atoms with Crippen molar-refractivity contribution in [3.8, 4) is 11.4 Å². The fraction of sp³-hybridized carbons (Fsp3) is 0.0714. The third kappa shape index (κ3) is 2.09. The fourth-order valence-corrected chi connectivity index (χ4v) is 2.57. The molecule has 102 valence electrons. The van der Waals surface area contributed by atoms with Gasteiger partial charge in [0.15, 0.2) is 4.77 Å². The standard InChI is InChI=1S/C14H10ClFN2OS/c1-19-9-4-2-8(3-5-9)18-13-7-11(16)10(15)6-12(13)17-14(18)20/h2-7H,1H3,(H,17,20). The van der Waals surface area contributed by atoms with E-state index in [9.17, 15) is 4.39 Å². The molecule has 1 heterocycles. The molecule has 1 N–H and O–H groups in total. The molecule has 0 amide bonds. The Hall–Kier alpha value is -1.85. The summed E-state index contributed by atoms with van der Waals surface area (Å²) in [5, 5.41) is 0.0654. The highest BCUT2D eigenvalue weighted by Crippen LogP contribution is 2.26. The molecule has 6 heteroatoms. The summed E-state index contributed by atoms with van der Waals surface area (Å²) in [7, 11) is 1.60. The molecule has 0 fully saturated rings. The van der Waals surface area contributed by atoms with Gasteiger partial charge in [0.1, 0.15) is 11.6 Å². The number of imidazole rings is 1. The van der Waals surface area contributed by atoms with Crippen molar-refractivity contribution < 1.29 is 9.13 Å². The smallest absolute Gasteiger partial charge is 0.182 e. The summed E-state index contributed by atoms with van der Waals surface area (Å²) in [5.74, 6) is 0.268. The van der Waals surface area contributed by atoms with Crippen LogP contribution in [0.1, 0.15) is 0 Å². The summed E-state index contributed by atoms with van der Waals surface area (Å²) in [5.41, 5.74) is 2.16. The number of hydrogen-bond donors (Lipinski definition) is 1. The highest BCUT2D eigenvalue weighted by atomic mass is 35.5. The molecule has 3 rings (SSSR count). The van der Waals surface area contributed by atoms with Gasteiger partial charge in [0, 0.05) is 11.8 Å². The van der Waals surface area contributed by atoms with Gasteiger partial charge in [-0.1, -0.05) is 11.6 Å². The van der Waals surface area contributed by atoms with Crippen LogP contribution in [0.3, 0.4) is 0 Å². The van der Waals surface area contributed by atoms with Crippen LogP contribution < -0.4 is 4.74 Å². The lowest BCUT2D eigenvalue weighted by Gasteiger charge is -2.06. The van der Waals surface area contributed by atoms with Gasteiger partial charge >= 0.3 is 0 Å². The van der Waals surface area contributed by atoms with Crippen LogP contribution >= 0.6 is 23.8 Å². The summed E-state index contributed by atoms with van der Waals surface area (Å²) in [6.07, 6.45) is 0. The number of nitrogens with zero attached hydrogens (tertiary/aromatic N) is 1. The largest absolute Gasteiger partial charge is 0.497 e. The van der Waals surface area contributed by atoms with Crippen LogP contribution in [0.25, 0.3) is 16.7 Å². The van der Waals surface area contributed by atoms with Gasteiger partial charge in [0.25, 0.3) is 0 Å². The number of aromatic nitrogens is 2. The monoisotopic (exact) mass is 308 g/mol. The van der Waals surface area contributed by atoms with Gasteiger partial charge in [0.05, 0.1) is 23.2 Å². The fourth-order valence-electron chi connectivity index (χ4n) is 2.09. The van der Waals surface area contributed by atoms with E-state index in [1.807, 2.05) is 24.3 Å². The minimum atomic E-state index is -0.476. The molecule has 20 heavy (non-hydrogen) atoms. The molecule has 3 nitrogen and oxygen atoms in total. The third-order valence-electron chi connectivity index (χ3n) is 3.05. The van der Waals surface area contributed by atoms with Crippen molar-refractivity contribution in [2.45, 2.75) is 0 Å². The minimum Gasteiger partial charge on any atom is -0.497 e. The van der Waals surface area contributed by atoms with Crippen molar-refractivity contribution >= 4 is 34.9 Å². The molecule has 2 aromatic carbocycles. The van der Waals surface area contributed by atoms with Crippen LogP contribution in [-0.4, -0.2) is 16.7 Å². The van der Waals surface area contributed by atoms with Gasteiger partial charge in [-0.3, -0.25) is 4.57 Å². The number of fused-ring (bicyclic) bond motifs is 1. The van der Waals surface area contributed by atoms with E-state index in [2.05, 4.69) is 4.98 Å². The topological polar surface area (TPSA) is 29.9 Å². The van der Waals surface area contributed by atoms with Gasteiger partial charge in [-0.25, -0.2) is 4.39 Å². The van der Waals surface area contributed by atoms with Crippen LogP contribution in [0.2, 0.25) is 5.02 Å². The van der Waals surface area contributed by atoms with Crippen LogP contribution in [-0.2, 0) is 0 Å². The zero-order chi connectivity index (χ0) is 14.3. The lowest BCUT2D eigenvalue weighted by Crippen LogP contribution is -1.94. The van der Waals surface area contributed by atoms with Crippen molar-refractivity contribution in [3.05, 3.63) is 52.0 Å². The van der Waals surface area contributed by atoms with Crippen molar-refractivity contribution in [3.63, 3.8) is 0 Å². The number of ether oxygens (including phenoxy) is 1. The summed E-state index contributed by atoms with van der Waals surface area (Å²) in [4.78, 5) is 3.02. The molecular formula is C14H10ClFN2OS. The highest BCUT2D eigenvalue weighted by Gasteiger charge is 2.10. The Morgan fingerprint density at radius 3 is 2.60 bits per heavy atom. The van der Waals surface area contributed by atoms with Gasteiger partial charge < -0.3 is 9.72 Å². The van der Waals surface area contributed by atoms with E-state index in [0.717, 1.165) is 11.4 Å². The molecule has 0 bridgehead atoms. The normalized spacial score (nSPS) is 10.9. The first-order valence-corrected chi connectivity index (χ1v) is 6.63. The Balaban J connectivity index is 2.26. The molecule has 0 atom stereocenters. The van der Waals surface area contributed by atoms with Gasteiger partial charge in [-0.15, -0.1) is 0 Å². The van der Waals surface area contributed by atoms with Crippen LogP contribution in [0.4, 0.5) is 4.39 Å². The maximum Gasteiger partial charge on any atom is 0.182 e. The first-order valence-electron chi connectivity index (χ1n) is 5.84. The number of rotatable bonds is 2. The van der Waals surface area contributed by atoms with Crippen molar-refractivity contribution in [2.24, 2.45) is 0 Å². The molecule has 1 aromatic heterocycles. The minimum absolute atomic E-state index is 0.0654. The second kappa shape index (κ2) is 4.92. The lowest BCUT2D eigenvalue weighted by atomic mass is 10.2. The first kappa shape index (κ1) is 13.1. The number of nitrogens with one attached hydrogen (secondary N) is 1. The highest BCUT2D eigenvalue weighted by molar-refractivity contribution is 7.71. The lowest BCUT2D eigenvalue weighted by molar-refractivity contribution is 0.415. The van der Waals surface area contributed by atoms with Gasteiger partial charge in [-0.2, -0.15) is 0 Å². The second-order valence-electron chi connectivity index (χ2n) is 4.25. The number of halogens is 2. The summed E-state index contributed by atoms with van der Waals surface area (Å²) in [6.45, 7) is 0. The average molecular weight is 309 g/mol. The van der Waals surface area contributed by atoms with Crippen LogP contribution in [0.5, 0.6) is 5.75 Å². The molecule has 0 saturated carbocycles. The predicted molar refractivity (Wildman–Crippen MR) is 80.0 cm³/mol. The van der Waals surface area contributed by atoms with E-state index < -0.39 is 5.82 Å². The van der Waals surface area contributed by atoms with Crippen molar-refractivity contribution in [1.29, 1.82) is 0 Å². The number of aromatic amines is 1. The van der Waals surface area contributed by atoms with E-state index in [1.54, 1.807) is 11.7 Å². The molecular weight excluding hydrogens is 299 g/mol. The maximum atomic E-state index is 13.7. The molecule has 0 spiro atoms. The van der Waals surface area contributed by atoms with Gasteiger partial charge in [-0.05, 0) is 42.5 Å². The summed E-state index contributed by atoms with van der Waals surface area (Å²) < 4.78 is 21.0. The maximum absolute atomic E-state index is 13.7. The van der Waals surface area contributed by atoms with E-state index in [4.69, 9.17) is 28.6 Å². The molecule has 0 unspecified atom stereocenters. The third-order valence-corrected chi connectivity index (χ3v) is 3.63. The molecule has 0 aliphatic heterocycles. The van der Waals surface area contributed by atoms with Crippen molar-refractivity contribution in [1.82, 2.24) is 9.55 Å². The van der Waals surface area contributed by atoms with E-state index >= 15 is 0 Å². The Bertz CT molecular complexity index is 839. The Morgan fingerprint density at radius 1 is 1.25 bits per heavy atom. The van der Waals surface area contributed by atoms with Crippen LogP contribution in [0, 0.1) is 10.6 Å². The average Bonchev–Trinajstić information content (AvgIpc) is 2.75. The van der Waals surface area contributed by atoms with Crippen LogP contribution in [0.15, 0.2) is 36.4 Å². The zero-order valence-corrected chi connectivity index (χ0v) is 12.1. The Labute approximate surface area is 124 Å². The number of H-pyrrole nitrogens is 1. The number of benzene rings is 2. The summed E-state index contributed by atoms with van der Waals surface area (Å²) >= 11 is 11.1. The molecule has 0 saturated heterocycles.